The Bertz CT molecular complexity index is 1630. The molecule has 0 amide bonds. The number of oxime groups is 1. The van der Waals surface area contributed by atoms with Crippen LogP contribution in [0, 0.1) is 22.5 Å². The summed E-state index contributed by atoms with van der Waals surface area (Å²) in [6, 6.07) is 16.4. The highest BCUT2D eigenvalue weighted by atomic mass is 16.7. The number of benzene rings is 3. The highest BCUT2D eigenvalue weighted by molar-refractivity contribution is 6.17. The van der Waals surface area contributed by atoms with Gasteiger partial charge in [-0.15, -0.1) is 0 Å². The second-order valence-corrected chi connectivity index (χ2v) is 11.4. The molecule has 1 unspecified atom stereocenters. The molecular weight excluding hydrogens is 522 g/mol. The average Bonchev–Trinajstić information content (AvgIpc) is 3.21. The standard InChI is InChI=1S/C32H37N3O6/c1-8-34-28-13-9-22(16-26(28)27-17-23(35(37)38)10-14-29(27)34)31(33-41-30(36)18-32(4,5)6)25-12-11-24(15-20(25)2)40-21(3)19-39-7/h9-17,21H,8,18-19H2,1-7H3/b33-31-. The van der Waals surface area contributed by atoms with Crippen molar-refractivity contribution < 1.29 is 24.0 Å². The summed E-state index contributed by atoms with van der Waals surface area (Å²) >= 11 is 0. The Kier molecular flexibility index (Phi) is 8.77. The first-order valence-electron chi connectivity index (χ1n) is 13.7. The van der Waals surface area contributed by atoms with Crippen molar-refractivity contribution in [3.8, 4) is 5.75 Å². The summed E-state index contributed by atoms with van der Waals surface area (Å²) in [5.74, 6) is 0.258. The number of nitro benzene ring substituents is 1. The second kappa shape index (κ2) is 12.1. The molecule has 0 fully saturated rings. The number of aryl methyl sites for hydroxylation is 2. The number of methoxy groups -OCH3 is 1. The van der Waals surface area contributed by atoms with E-state index in [1.165, 1.54) is 6.07 Å². The number of carbonyl (C=O) groups excluding carboxylic acids is 1. The molecule has 4 aromatic rings. The van der Waals surface area contributed by atoms with Gasteiger partial charge in [0.05, 0.1) is 18.0 Å². The third-order valence-corrected chi connectivity index (χ3v) is 6.75. The zero-order chi connectivity index (χ0) is 29.9. The minimum atomic E-state index is -0.430. The molecule has 1 heterocycles. The molecule has 0 aliphatic heterocycles. The van der Waals surface area contributed by atoms with Crippen LogP contribution in [0.1, 0.15) is 57.7 Å². The van der Waals surface area contributed by atoms with Crippen molar-refractivity contribution in [3.05, 3.63) is 81.4 Å². The van der Waals surface area contributed by atoms with Gasteiger partial charge in [0, 0.05) is 58.7 Å². The van der Waals surface area contributed by atoms with E-state index < -0.39 is 5.97 Å². The fraction of sp³-hybridized carbons (Fsp3) is 0.375. The van der Waals surface area contributed by atoms with Crippen LogP contribution in [0.4, 0.5) is 5.69 Å². The first-order valence-corrected chi connectivity index (χ1v) is 13.7. The summed E-state index contributed by atoms with van der Waals surface area (Å²) in [7, 11) is 1.63. The maximum absolute atomic E-state index is 12.6. The van der Waals surface area contributed by atoms with Crippen molar-refractivity contribution >= 4 is 39.2 Å². The number of fused-ring (bicyclic) bond motifs is 3. The SMILES string of the molecule is CCn1c2ccc(/C(=N/OC(=O)CC(C)(C)C)c3ccc(OC(C)COC)cc3C)cc2c2cc([N+](=O)[O-])ccc21. The molecule has 0 radical (unpaired) electrons. The Morgan fingerprint density at radius 3 is 2.34 bits per heavy atom. The third kappa shape index (κ3) is 6.74. The molecule has 0 bridgehead atoms. The summed E-state index contributed by atoms with van der Waals surface area (Å²) in [4.78, 5) is 29.3. The predicted octanol–water partition coefficient (Wildman–Crippen LogP) is 7.18. The van der Waals surface area contributed by atoms with Gasteiger partial charge in [-0.3, -0.25) is 10.1 Å². The zero-order valence-electron chi connectivity index (χ0n) is 24.7. The molecule has 3 aromatic carbocycles. The lowest BCUT2D eigenvalue weighted by molar-refractivity contribution is -0.384. The molecule has 0 aliphatic rings. The minimum absolute atomic E-state index is 0.0252. The van der Waals surface area contributed by atoms with Gasteiger partial charge in [-0.1, -0.05) is 32.0 Å². The van der Waals surface area contributed by atoms with E-state index in [0.717, 1.165) is 32.9 Å². The topological polar surface area (TPSA) is 105 Å². The quantitative estimate of drug-likeness (QED) is 0.0882. The van der Waals surface area contributed by atoms with Gasteiger partial charge in [0.15, 0.2) is 0 Å². The van der Waals surface area contributed by atoms with Gasteiger partial charge >= 0.3 is 5.97 Å². The molecule has 9 heteroatoms. The maximum atomic E-state index is 12.6. The van der Waals surface area contributed by atoms with Crippen molar-refractivity contribution in [2.75, 3.05) is 13.7 Å². The number of carbonyl (C=O) groups is 1. The van der Waals surface area contributed by atoms with Crippen LogP contribution in [0.25, 0.3) is 21.8 Å². The van der Waals surface area contributed by atoms with Crippen LogP contribution in [0.5, 0.6) is 5.75 Å². The number of hydrogen-bond acceptors (Lipinski definition) is 7. The van der Waals surface area contributed by atoms with E-state index in [1.807, 2.05) is 77.9 Å². The molecule has 0 N–H and O–H groups in total. The highest BCUT2D eigenvalue weighted by Crippen LogP contribution is 2.33. The number of nitro groups is 1. The third-order valence-electron chi connectivity index (χ3n) is 6.75. The fourth-order valence-electron chi connectivity index (χ4n) is 4.99. The number of non-ortho nitro benzene ring substituents is 1. The van der Waals surface area contributed by atoms with Gasteiger partial charge in [0.1, 0.15) is 17.6 Å². The number of nitrogens with zero attached hydrogens (tertiary/aromatic N) is 3. The van der Waals surface area contributed by atoms with E-state index in [2.05, 4.69) is 9.72 Å². The lowest BCUT2D eigenvalue weighted by atomic mass is 9.93. The molecule has 0 spiro atoms. The predicted molar refractivity (Wildman–Crippen MR) is 161 cm³/mol. The van der Waals surface area contributed by atoms with Crippen LogP contribution < -0.4 is 4.74 Å². The largest absolute Gasteiger partial charge is 0.488 e. The molecule has 0 saturated heterocycles. The number of hydrogen-bond donors (Lipinski definition) is 0. The first-order chi connectivity index (χ1) is 19.4. The number of ether oxygens (including phenoxy) is 2. The number of rotatable bonds is 10. The van der Waals surface area contributed by atoms with E-state index in [0.29, 0.717) is 30.2 Å². The summed E-state index contributed by atoms with van der Waals surface area (Å²) in [6.07, 6.45) is 0.0821. The molecule has 0 aliphatic carbocycles. The van der Waals surface area contributed by atoms with Crippen molar-refractivity contribution in [1.29, 1.82) is 0 Å². The van der Waals surface area contributed by atoms with E-state index in [1.54, 1.807) is 19.2 Å². The van der Waals surface area contributed by atoms with Crippen LogP contribution in [0.2, 0.25) is 0 Å². The van der Waals surface area contributed by atoms with E-state index in [4.69, 9.17) is 14.3 Å². The number of aromatic nitrogens is 1. The Hall–Kier alpha value is -4.24. The van der Waals surface area contributed by atoms with E-state index in [9.17, 15) is 14.9 Å². The van der Waals surface area contributed by atoms with Crippen LogP contribution in [-0.2, 0) is 20.9 Å². The first kappa shape index (κ1) is 29.7. The lowest BCUT2D eigenvalue weighted by Gasteiger charge is -2.17. The van der Waals surface area contributed by atoms with Gasteiger partial charge < -0.3 is 18.9 Å². The summed E-state index contributed by atoms with van der Waals surface area (Å²) < 4.78 is 13.3. The van der Waals surface area contributed by atoms with Crippen LogP contribution in [0.15, 0.2) is 59.8 Å². The Morgan fingerprint density at radius 2 is 1.73 bits per heavy atom. The Balaban J connectivity index is 1.86. The summed E-state index contributed by atoms with van der Waals surface area (Å²) in [6.45, 7) is 13.0. The van der Waals surface area contributed by atoms with Crippen molar-refractivity contribution in [3.63, 3.8) is 0 Å². The Morgan fingerprint density at radius 1 is 1.05 bits per heavy atom. The van der Waals surface area contributed by atoms with Crippen molar-refractivity contribution in [1.82, 2.24) is 4.57 Å². The highest BCUT2D eigenvalue weighted by Gasteiger charge is 2.21. The normalized spacial score (nSPS) is 13.0. The summed E-state index contributed by atoms with van der Waals surface area (Å²) in [5, 5.41) is 17.6. The monoisotopic (exact) mass is 559 g/mol. The van der Waals surface area contributed by atoms with Crippen LogP contribution in [-0.4, -0.2) is 41.0 Å². The maximum Gasteiger partial charge on any atom is 0.335 e. The fourth-order valence-corrected chi connectivity index (χ4v) is 4.99. The molecule has 216 valence electrons. The summed E-state index contributed by atoms with van der Waals surface area (Å²) in [5.41, 5.74) is 4.47. The van der Waals surface area contributed by atoms with Gasteiger partial charge in [-0.25, -0.2) is 4.79 Å². The molecule has 1 atom stereocenters. The van der Waals surface area contributed by atoms with E-state index >= 15 is 0 Å². The van der Waals surface area contributed by atoms with Crippen LogP contribution >= 0.6 is 0 Å². The molecule has 9 nitrogen and oxygen atoms in total. The average molecular weight is 560 g/mol. The van der Waals surface area contributed by atoms with Crippen molar-refractivity contribution in [2.24, 2.45) is 10.6 Å². The van der Waals surface area contributed by atoms with Gasteiger partial charge in [-0.05, 0) is 68.1 Å². The van der Waals surface area contributed by atoms with Crippen molar-refractivity contribution in [2.45, 2.75) is 60.6 Å². The minimum Gasteiger partial charge on any atom is -0.488 e. The van der Waals surface area contributed by atoms with Crippen LogP contribution in [0.3, 0.4) is 0 Å². The van der Waals surface area contributed by atoms with Gasteiger partial charge in [0.25, 0.3) is 5.69 Å². The van der Waals surface area contributed by atoms with Gasteiger partial charge in [-0.2, -0.15) is 0 Å². The molecule has 0 saturated carbocycles. The zero-order valence-corrected chi connectivity index (χ0v) is 24.7. The lowest BCUT2D eigenvalue weighted by Crippen LogP contribution is -2.18. The van der Waals surface area contributed by atoms with Gasteiger partial charge in [0.2, 0.25) is 0 Å². The second-order valence-electron chi connectivity index (χ2n) is 11.4. The molecule has 1 aromatic heterocycles. The van der Waals surface area contributed by atoms with E-state index in [-0.39, 0.29) is 28.6 Å². The smallest absolute Gasteiger partial charge is 0.335 e. The molecule has 41 heavy (non-hydrogen) atoms. The molecular formula is C32H37N3O6. The molecule has 4 rings (SSSR count). The Labute approximate surface area is 239 Å².